The van der Waals surface area contributed by atoms with Crippen LogP contribution in [-0.4, -0.2) is 74.1 Å². The number of alkyl halides is 3. The number of ether oxygens (including phenoxy) is 3. The Kier molecular flexibility index (Phi) is 20.3. The van der Waals surface area contributed by atoms with Gasteiger partial charge in [-0.05, 0) is 127 Å². The van der Waals surface area contributed by atoms with Gasteiger partial charge in [0.05, 0.1) is 24.3 Å². The highest BCUT2D eigenvalue weighted by atomic mass is 35.5. The van der Waals surface area contributed by atoms with Crippen LogP contribution in [0, 0.1) is 0 Å². The van der Waals surface area contributed by atoms with Crippen molar-refractivity contribution in [1.82, 2.24) is 9.88 Å². The first-order chi connectivity index (χ1) is 37.2. The highest BCUT2D eigenvalue weighted by Gasteiger charge is 2.31. The van der Waals surface area contributed by atoms with Crippen molar-refractivity contribution in [1.29, 1.82) is 0 Å². The third-order valence-corrected chi connectivity index (χ3v) is 15.4. The molecule has 1 atom stereocenters. The number of nitrogens with zero attached hydrogens (tertiary/aromatic N) is 2. The van der Waals surface area contributed by atoms with E-state index < -0.39 is 47.7 Å². The summed E-state index contributed by atoms with van der Waals surface area (Å²) in [6.45, 7) is 6.57. The second kappa shape index (κ2) is 26.8. The van der Waals surface area contributed by atoms with Crippen molar-refractivity contribution in [3.8, 4) is 16.9 Å². The number of carbonyl (C=O) groups excluding carboxylic acids is 2. The van der Waals surface area contributed by atoms with E-state index in [1.54, 1.807) is 12.1 Å². The Labute approximate surface area is 457 Å². The Bertz CT molecular complexity index is 3360. The highest BCUT2D eigenvalue weighted by molar-refractivity contribution is 7.86. The molecule has 8 rings (SSSR count). The number of unbranched alkanes of at least 4 members (excludes halogenated alkanes) is 2. The fourth-order valence-corrected chi connectivity index (χ4v) is 10.7. The molecule has 1 aliphatic rings. The average Bonchev–Trinajstić information content (AvgIpc) is 3.43. The average molecular weight is 1130 g/mol. The van der Waals surface area contributed by atoms with E-state index in [2.05, 4.69) is 24.8 Å². The van der Waals surface area contributed by atoms with Crippen molar-refractivity contribution in [2.75, 3.05) is 26.3 Å². The molecule has 78 heavy (non-hydrogen) atoms. The zero-order valence-corrected chi connectivity index (χ0v) is 45.4. The summed E-state index contributed by atoms with van der Waals surface area (Å²) in [7, 11) is -8.94. The zero-order valence-electron chi connectivity index (χ0n) is 43.0. The summed E-state index contributed by atoms with van der Waals surface area (Å²) in [6.07, 6.45) is 3.25. The first kappa shape index (κ1) is 59.0. The molecule has 6 aromatic carbocycles. The number of aromatic nitrogens is 1. The normalized spacial score (nSPS) is 13.6. The quantitative estimate of drug-likeness (QED) is 0.0394. The largest absolute Gasteiger partial charge is 0.489 e. The Morgan fingerprint density at radius 2 is 1.29 bits per heavy atom. The summed E-state index contributed by atoms with van der Waals surface area (Å²) in [5, 5.41) is 0.504. The van der Waals surface area contributed by atoms with Crippen molar-refractivity contribution in [3.05, 3.63) is 189 Å². The summed E-state index contributed by atoms with van der Waals surface area (Å²) < 4.78 is 119. The number of fused-ring (bicyclic) bond motifs is 2. The number of para-hydroxylation sites is 1. The van der Waals surface area contributed by atoms with E-state index in [0.29, 0.717) is 47.0 Å². The van der Waals surface area contributed by atoms with Crippen LogP contribution < -0.4 is 4.74 Å². The predicted molar refractivity (Wildman–Crippen MR) is 292 cm³/mol. The van der Waals surface area contributed by atoms with Gasteiger partial charge in [0, 0.05) is 46.2 Å². The van der Waals surface area contributed by atoms with Crippen LogP contribution in [0.3, 0.4) is 0 Å². The lowest BCUT2D eigenvalue weighted by molar-refractivity contribution is -0.137. The third kappa shape index (κ3) is 15.8. The van der Waals surface area contributed by atoms with Gasteiger partial charge in [0.1, 0.15) is 27.8 Å². The van der Waals surface area contributed by atoms with Crippen molar-refractivity contribution in [2.45, 2.75) is 100 Å². The predicted octanol–water partition coefficient (Wildman–Crippen LogP) is 13.4. The second-order valence-corrected chi connectivity index (χ2v) is 21.9. The summed E-state index contributed by atoms with van der Waals surface area (Å²) in [4.78, 5) is 31.8. The number of halogens is 4. The number of esters is 2. The molecule has 0 saturated carbocycles. The van der Waals surface area contributed by atoms with Gasteiger partial charge in [-0.25, -0.2) is 14.6 Å². The van der Waals surface area contributed by atoms with Gasteiger partial charge in [-0.15, -0.1) is 0 Å². The maximum absolute atomic E-state index is 13.1. The maximum atomic E-state index is 13.1. The molecule has 1 heterocycles. The molecule has 1 aliphatic carbocycles. The van der Waals surface area contributed by atoms with Crippen LogP contribution in [0.25, 0.3) is 21.9 Å². The van der Waals surface area contributed by atoms with Gasteiger partial charge in [0.25, 0.3) is 20.2 Å². The number of hydrogen-bond acceptors (Lipinski definition) is 11. The summed E-state index contributed by atoms with van der Waals surface area (Å²) in [5.41, 5.74) is 6.46. The smallest absolute Gasteiger partial charge is 0.416 e. The van der Waals surface area contributed by atoms with Gasteiger partial charge < -0.3 is 14.2 Å². The van der Waals surface area contributed by atoms with Crippen LogP contribution in [0.4, 0.5) is 13.2 Å². The van der Waals surface area contributed by atoms with Gasteiger partial charge in [-0.1, -0.05) is 123 Å². The number of carbonyl (C=O) groups is 2. The van der Waals surface area contributed by atoms with E-state index in [4.69, 9.17) is 39.9 Å². The molecule has 412 valence electrons. The van der Waals surface area contributed by atoms with Crippen LogP contribution in [-0.2, 0) is 61.8 Å². The molecule has 2 N–H and O–H groups in total. The van der Waals surface area contributed by atoms with Crippen molar-refractivity contribution >= 4 is 54.5 Å². The molecular formula is C59H60ClF3N2O11S2. The first-order valence-corrected chi connectivity index (χ1v) is 28.8. The molecule has 0 spiro atoms. The summed E-state index contributed by atoms with van der Waals surface area (Å²) in [6, 6.07) is 37.4. The standard InChI is InChI=1S/C49H52ClF3N2O5.C10H8O6S2/c1-3-5-30-58-47(56)37-16-14-34(15-17-37)26-28-55(45-12-9-11-43-41(45)24-25-44(54-43)48(57)59-31-6-4-2)29-27-36-10-7-8-13-46(36)60-33-39-19-18-38(32-42(39)50)35-20-22-40(23-21-35)49(51,52)53;11-17(12,13)9-5-1-3-7-8(9)4-2-6-10(7)18(14,15)16/h7-8,10,13-25,32,45H,3-6,9,11-12,26-31,33H2,1-2H3;1-6H,(H,11,12,13)(H,14,15,16)/t45-;/m0./s1. The van der Waals surface area contributed by atoms with Gasteiger partial charge in [0.2, 0.25) is 0 Å². The molecule has 13 nitrogen and oxygen atoms in total. The maximum Gasteiger partial charge on any atom is 0.416 e. The summed E-state index contributed by atoms with van der Waals surface area (Å²) >= 11 is 6.69. The van der Waals surface area contributed by atoms with E-state index in [-0.39, 0.29) is 29.4 Å². The molecular weight excluding hydrogens is 1070 g/mol. The Morgan fingerprint density at radius 1 is 0.692 bits per heavy atom. The van der Waals surface area contributed by atoms with Gasteiger partial charge in [0.15, 0.2) is 0 Å². The lowest BCUT2D eigenvalue weighted by Crippen LogP contribution is -2.35. The Hall–Kier alpha value is -6.67. The molecule has 19 heteroatoms. The van der Waals surface area contributed by atoms with Crippen LogP contribution in [0.15, 0.2) is 149 Å². The van der Waals surface area contributed by atoms with Crippen LogP contribution in [0.5, 0.6) is 5.75 Å². The fraction of sp³-hybridized carbons (Fsp3) is 0.305. The SMILES string of the molecule is CCCCOC(=O)c1ccc(CCN(CCc2ccccc2OCc2ccc(-c3ccc(C(F)(F)F)cc3)cc2Cl)[C@H]2CCCc3nc(C(=O)OCCCC)ccc32)cc1.O=S(=O)(O)c1cccc2c(S(=O)(=O)O)cccc12. The Balaban J connectivity index is 0.000000412. The zero-order chi connectivity index (χ0) is 56.0. The van der Waals surface area contributed by atoms with Gasteiger partial charge in [-0.3, -0.25) is 14.0 Å². The van der Waals surface area contributed by atoms with E-state index in [1.807, 2.05) is 60.7 Å². The van der Waals surface area contributed by atoms with Crippen LogP contribution >= 0.6 is 11.6 Å². The van der Waals surface area contributed by atoms with Crippen molar-refractivity contribution in [3.63, 3.8) is 0 Å². The van der Waals surface area contributed by atoms with E-state index >= 15 is 0 Å². The molecule has 0 fully saturated rings. The van der Waals surface area contributed by atoms with Gasteiger partial charge >= 0.3 is 18.1 Å². The van der Waals surface area contributed by atoms with Crippen molar-refractivity contribution < 1.29 is 62.9 Å². The minimum absolute atomic E-state index is 0.0233. The lowest BCUT2D eigenvalue weighted by Gasteiger charge is -2.36. The first-order valence-electron chi connectivity index (χ1n) is 25.6. The number of benzene rings is 6. The number of aryl methyl sites for hydroxylation is 1. The molecule has 0 bridgehead atoms. The van der Waals surface area contributed by atoms with E-state index in [1.165, 1.54) is 36.4 Å². The molecule has 0 amide bonds. The topological polar surface area (TPSA) is 187 Å². The third-order valence-electron chi connectivity index (χ3n) is 13.3. The number of hydrogen-bond donors (Lipinski definition) is 2. The lowest BCUT2D eigenvalue weighted by atomic mass is 9.89. The molecule has 0 aliphatic heterocycles. The second-order valence-electron chi connectivity index (χ2n) is 18.7. The summed E-state index contributed by atoms with van der Waals surface area (Å²) in [5.74, 6) is 0.0319. The van der Waals surface area contributed by atoms with Crippen LogP contribution in [0.2, 0.25) is 5.02 Å². The molecule has 7 aromatic rings. The molecule has 0 radical (unpaired) electrons. The minimum atomic E-state index is -4.47. The monoisotopic (exact) mass is 1130 g/mol. The number of pyridine rings is 1. The highest BCUT2D eigenvalue weighted by Crippen LogP contribution is 2.36. The fourth-order valence-electron chi connectivity index (χ4n) is 9.07. The Morgan fingerprint density at radius 3 is 1.90 bits per heavy atom. The van der Waals surface area contributed by atoms with Crippen LogP contribution in [0.1, 0.15) is 113 Å². The minimum Gasteiger partial charge on any atom is -0.489 e. The van der Waals surface area contributed by atoms with E-state index in [0.717, 1.165) is 122 Å². The van der Waals surface area contributed by atoms with E-state index in [9.17, 15) is 39.6 Å². The molecule has 0 saturated heterocycles. The molecule has 0 unspecified atom stereocenters. The number of rotatable bonds is 21. The van der Waals surface area contributed by atoms with Crippen molar-refractivity contribution in [2.24, 2.45) is 0 Å². The molecule has 1 aromatic heterocycles. The van der Waals surface area contributed by atoms with Gasteiger partial charge in [-0.2, -0.15) is 30.0 Å².